The molecule has 0 aromatic carbocycles. The number of carbonyl (C=O) groups is 1. The van der Waals surface area contributed by atoms with Crippen LogP contribution in [0.3, 0.4) is 0 Å². The second kappa shape index (κ2) is 3.69. The molecule has 1 aliphatic rings. The molecule has 2 atom stereocenters. The highest BCUT2D eigenvalue weighted by atomic mass is 16.6. The molecular weight excluding hydrogens is 148 g/mol. The maximum absolute atomic E-state index is 10.8. The van der Waals surface area contributed by atoms with Crippen molar-refractivity contribution in [3.8, 4) is 0 Å². The first-order valence-electron chi connectivity index (χ1n) is 3.74. The van der Waals surface area contributed by atoms with E-state index >= 15 is 0 Å². The Labute approximate surface area is 65.1 Å². The molecule has 1 fully saturated rings. The molecule has 4 heteroatoms. The normalized spacial score (nSPS) is 26.7. The van der Waals surface area contributed by atoms with Crippen molar-refractivity contribution < 1.29 is 19.4 Å². The molecule has 64 valence electrons. The van der Waals surface area contributed by atoms with Crippen molar-refractivity contribution in [1.29, 1.82) is 0 Å². The van der Waals surface area contributed by atoms with Crippen molar-refractivity contribution in [3.63, 3.8) is 0 Å². The molecule has 1 saturated heterocycles. The standard InChI is InChI=1S/C7H12O4/c1-2-6(8)11-5-3-4-10-7(5)9/h5-6,8H,2-4H2,1H3. The van der Waals surface area contributed by atoms with Gasteiger partial charge >= 0.3 is 5.97 Å². The van der Waals surface area contributed by atoms with Crippen LogP contribution >= 0.6 is 0 Å². The molecular formula is C7H12O4. The van der Waals surface area contributed by atoms with E-state index < -0.39 is 12.4 Å². The maximum Gasteiger partial charge on any atom is 0.335 e. The van der Waals surface area contributed by atoms with E-state index in [0.29, 0.717) is 19.4 Å². The highest BCUT2D eigenvalue weighted by Crippen LogP contribution is 2.12. The molecule has 0 aliphatic carbocycles. The molecule has 1 heterocycles. The largest absolute Gasteiger partial charge is 0.464 e. The summed E-state index contributed by atoms with van der Waals surface area (Å²) >= 11 is 0. The lowest BCUT2D eigenvalue weighted by atomic mass is 10.3. The van der Waals surface area contributed by atoms with E-state index in [2.05, 4.69) is 4.74 Å². The third kappa shape index (κ3) is 2.17. The van der Waals surface area contributed by atoms with Crippen LogP contribution in [0.15, 0.2) is 0 Å². The van der Waals surface area contributed by atoms with Crippen molar-refractivity contribution in [3.05, 3.63) is 0 Å². The number of aliphatic hydroxyl groups excluding tert-OH is 1. The van der Waals surface area contributed by atoms with E-state index in [1.54, 1.807) is 6.92 Å². The smallest absolute Gasteiger partial charge is 0.335 e. The zero-order valence-corrected chi connectivity index (χ0v) is 6.45. The predicted octanol–water partition coefficient (Wildman–Crippen LogP) is 0.0469. The van der Waals surface area contributed by atoms with Gasteiger partial charge in [-0.2, -0.15) is 0 Å². The molecule has 2 unspecified atom stereocenters. The second-order valence-corrected chi connectivity index (χ2v) is 2.44. The van der Waals surface area contributed by atoms with Gasteiger partial charge in [0.2, 0.25) is 0 Å². The lowest BCUT2D eigenvalue weighted by Crippen LogP contribution is -2.25. The molecule has 0 radical (unpaired) electrons. The Hall–Kier alpha value is -0.610. The molecule has 4 nitrogen and oxygen atoms in total. The minimum Gasteiger partial charge on any atom is -0.464 e. The Kier molecular flexibility index (Phi) is 2.84. The molecule has 0 bridgehead atoms. The van der Waals surface area contributed by atoms with E-state index in [1.165, 1.54) is 0 Å². The molecule has 1 rings (SSSR count). The Morgan fingerprint density at radius 2 is 2.64 bits per heavy atom. The fraction of sp³-hybridized carbons (Fsp3) is 0.857. The number of esters is 1. The van der Waals surface area contributed by atoms with Crippen molar-refractivity contribution >= 4 is 5.97 Å². The number of cyclic esters (lactones) is 1. The average Bonchev–Trinajstić information content (AvgIpc) is 2.37. The van der Waals surface area contributed by atoms with E-state index in [1.807, 2.05) is 0 Å². The zero-order chi connectivity index (χ0) is 8.27. The molecule has 0 amide bonds. The first-order chi connectivity index (χ1) is 5.24. The topological polar surface area (TPSA) is 55.8 Å². The molecule has 0 aromatic heterocycles. The van der Waals surface area contributed by atoms with E-state index in [4.69, 9.17) is 9.84 Å². The Morgan fingerprint density at radius 3 is 3.09 bits per heavy atom. The lowest BCUT2D eigenvalue weighted by molar-refractivity contribution is -0.167. The van der Waals surface area contributed by atoms with Gasteiger partial charge in [-0.1, -0.05) is 6.92 Å². The fourth-order valence-electron chi connectivity index (χ4n) is 0.887. The summed E-state index contributed by atoms with van der Waals surface area (Å²) in [4.78, 5) is 10.8. The first kappa shape index (κ1) is 8.49. The van der Waals surface area contributed by atoms with Crippen LogP contribution in [0.1, 0.15) is 19.8 Å². The monoisotopic (exact) mass is 160 g/mol. The van der Waals surface area contributed by atoms with Gasteiger partial charge in [0.15, 0.2) is 12.4 Å². The van der Waals surface area contributed by atoms with Crippen molar-refractivity contribution in [2.45, 2.75) is 32.2 Å². The summed E-state index contributed by atoms with van der Waals surface area (Å²) in [5.41, 5.74) is 0. The summed E-state index contributed by atoms with van der Waals surface area (Å²) in [5.74, 6) is -0.363. The van der Waals surface area contributed by atoms with Crippen LogP contribution < -0.4 is 0 Å². The molecule has 0 aromatic rings. The zero-order valence-electron chi connectivity index (χ0n) is 6.45. The van der Waals surface area contributed by atoms with Gasteiger partial charge in [-0.25, -0.2) is 4.79 Å². The Balaban J connectivity index is 2.30. The number of ether oxygens (including phenoxy) is 2. The average molecular weight is 160 g/mol. The van der Waals surface area contributed by atoms with Crippen LogP contribution in [0.5, 0.6) is 0 Å². The summed E-state index contributed by atoms with van der Waals surface area (Å²) in [6.45, 7) is 2.19. The number of rotatable bonds is 3. The van der Waals surface area contributed by atoms with Gasteiger partial charge in [0.25, 0.3) is 0 Å². The van der Waals surface area contributed by atoms with E-state index in [9.17, 15) is 4.79 Å². The number of hydrogen-bond donors (Lipinski definition) is 1. The fourth-order valence-corrected chi connectivity index (χ4v) is 0.887. The van der Waals surface area contributed by atoms with Crippen molar-refractivity contribution in [2.75, 3.05) is 6.61 Å². The van der Waals surface area contributed by atoms with Crippen molar-refractivity contribution in [2.24, 2.45) is 0 Å². The lowest BCUT2D eigenvalue weighted by Gasteiger charge is -2.12. The highest BCUT2D eigenvalue weighted by molar-refractivity contribution is 5.76. The van der Waals surface area contributed by atoms with Gasteiger partial charge in [0.05, 0.1) is 6.61 Å². The van der Waals surface area contributed by atoms with Crippen LogP contribution in [-0.4, -0.2) is 30.1 Å². The van der Waals surface area contributed by atoms with Crippen molar-refractivity contribution in [1.82, 2.24) is 0 Å². The van der Waals surface area contributed by atoms with Gasteiger partial charge < -0.3 is 14.6 Å². The first-order valence-corrected chi connectivity index (χ1v) is 3.74. The molecule has 1 aliphatic heterocycles. The number of carbonyl (C=O) groups excluding carboxylic acids is 1. The van der Waals surface area contributed by atoms with Crippen LogP contribution in [-0.2, 0) is 14.3 Å². The third-order valence-corrected chi connectivity index (χ3v) is 1.56. The van der Waals surface area contributed by atoms with Gasteiger partial charge in [0, 0.05) is 6.42 Å². The van der Waals surface area contributed by atoms with E-state index in [0.717, 1.165) is 0 Å². The number of aliphatic hydroxyl groups is 1. The van der Waals surface area contributed by atoms with Crippen LogP contribution in [0.25, 0.3) is 0 Å². The summed E-state index contributed by atoms with van der Waals surface area (Å²) in [5, 5.41) is 9.01. The number of hydrogen-bond acceptors (Lipinski definition) is 4. The van der Waals surface area contributed by atoms with Crippen LogP contribution in [0, 0.1) is 0 Å². The second-order valence-electron chi connectivity index (χ2n) is 2.44. The van der Waals surface area contributed by atoms with Gasteiger partial charge in [0.1, 0.15) is 0 Å². The third-order valence-electron chi connectivity index (χ3n) is 1.56. The van der Waals surface area contributed by atoms with Crippen LogP contribution in [0.4, 0.5) is 0 Å². The van der Waals surface area contributed by atoms with Crippen LogP contribution in [0.2, 0.25) is 0 Å². The van der Waals surface area contributed by atoms with Gasteiger partial charge in [-0.05, 0) is 6.42 Å². The predicted molar refractivity (Wildman–Crippen MR) is 36.7 cm³/mol. The molecule has 1 N–H and O–H groups in total. The van der Waals surface area contributed by atoms with Gasteiger partial charge in [-0.3, -0.25) is 0 Å². The minimum atomic E-state index is -0.842. The summed E-state index contributed by atoms with van der Waals surface area (Å²) in [6, 6.07) is 0. The van der Waals surface area contributed by atoms with E-state index in [-0.39, 0.29) is 5.97 Å². The maximum atomic E-state index is 10.8. The molecule has 0 spiro atoms. The summed E-state index contributed by atoms with van der Waals surface area (Å²) in [6.07, 6.45) is -0.352. The van der Waals surface area contributed by atoms with Gasteiger partial charge in [-0.15, -0.1) is 0 Å². The summed E-state index contributed by atoms with van der Waals surface area (Å²) in [7, 11) is 0. The molecule has 11 heavy (non-hydrogen) atoms. The summed E-state index contributed by atoms with van der Waals surface area (Å²) < 4.78 is 9.59. The minimum absolute atomic E-state index is 0.363. The quantitative estimate of drug-likeness (QED) is 0.468. The molecule has 0 saturated carbocycles. The SMILES string of the molecule is CCC(O)OC1CCOC1=O. The Bertz CT molecular complexity index is 145. The Morgan fingerprint density at radius 1 is 1.91 bits per heavy atom. The highest BCUT2D eigenvalue weighted by Gasteiger charge is 2.28.